The summed E-state index contributed by atoms with van der Waals surface area (Å²) in [5, 5.41) is 19.1. The van der Waals surface area contributed by atoms with E-state index < -0.39 is 11.6 Å². The van der Waals surface area contributed by atoms with E-state index in [0.29, 0.717) is 19.4 Å². The third-order valence-corrected chi connectivity index (χ3v) is 5.18. The zero-order valence-electron chi connectivity index (χ0n) is 15.9. The number of aliphatic hydroxyl groups is 2. The van der Waals surface area contributed by atoms with E-state index in [2.05, 4.69) is 4.90 Å². The molecule has 5 nitrogen and oxygen atoms in total. The third kappa shape index (κ3) is 6.52. The van der Waals surface area contributed by atoms with Crippen molar-refractivity contribution in [3.8, 4) is 0 Å². The number of amides is 1. The summed E-state index contributed by atoms with van der Waals surface area (Å²) in [7, 11) is 0. The molecule has 2 unspecified atom stereocenters. The Morgan fingerprint density at radius 1 is 1.26 bits per heavy atom. The topological polar surface area (TPSA) is 64.0 Å². The first-order valence-electron chi connectivity index (χ1n) is 9.68. The molecule has 1 fully saturated rings. The van der Waals surface area contributed by atoms with Crippen LogP contribution in [0.15, 0.2) is 18.2 Å². The molecule has 1 aliphatic heterocycles. The van der Waals surface area contributed by atoms with Gasteiger partial charge < -0.3 is 15.1 Å². The monoisotopic (exact) mass is 384 g/mol. The Kier molecular flexibility index (Phi) is 8.60. The first-order chi connectivity index (χ1) is 12.9. The fraction of sp³-hybridized carbons (Fsp3) is 0.650. The number of anilines is 1. The molecule has 1 saturated heterocycles. The van der Waals surface area contributed by atoms with Gasteiger partial charge in [0.1, 0.15) is 11.6 Å². The number of unbranched alkanes of at least 4 members (excludes halogenated alkanes) is 3. The molecule has 1 amide bonds. The maximum atomic E-state index is 13.9. The average Bonchev–Trinajstić information content (AvgIpc) is 2.64. The summed E-state index contributed by atoms with van der Waals surface area (Å²) in [5.74, 6) is -1.48. The number of hydrogen-bond acceptors (Lipinski definition) is 4. The molecular formula is C20H30F2N2O3. The van der Waals surface area contributed by atoms with Gasteiger partial charge in [-0.3, -0.25) is 9.69 Å². The molecule has 1 aromatic rings. The van der Waals surface area contributed by atoms with Crippen molar-refractivity contribution in [3.05, 3.63) is 29.8 Å². The molecule has 2 rings (SSSR count). The molecule has 7 heteroatoms. The lowest BCUT2D eigenvalue weighted by Gasteiger charge is -2.36. The molecule has 152 valence electrons. The number of benzene rings is 1. The van der Waals surface area contributed by atoms with Crippen molar-refractivity contribution >= 4 is 11.6 Å². The minimum atomic E-state index is -0.603. The Morgan fingerprint density at radius 3 is 2.70 bits per heavy atom. The normalized spacial score (nSPS) is 20.6. The van der Waals surface area contributed by atoms with Gasteiger partial charge in [-0.15, -0.1) is 0 Å². The highest BCUT2D eigenvalue weighted by Gasteiger charge is 2.26. The van der Waals surface area contributed by atoms with Crippen LogP contribution in [0.1, 0.15) is 45.4 Å². The summed E-state index contributed by atoms with van der Waals surface area (Å²) < 4.78 is 27.3. The number of carbonyl (C=O) groups excluding carboxylic acids is 1. The van der Waals surface area contributed by atoms with E-state index in [-0.39, 0.29) is 30.3 Å². The number of hydrogen-bond donors (Lipinski definition) is 2. The van der Waals surface area contributed by atoms with Crippen LogP contribution >= 0.6 is 0 Å². The van der Waals surface area contributed by atoms with Gasteiger partial charge >= 0.3 is 0 Å². The van der Waals surface area contributed by atoms with Crippen LogP contribution in [-0.4, -0.2) is 59.4 Å². The van der Waals surface area contributed by atoms with E-state index in [9.17, 15) is 23.8 Å². The van der Waals surface area contributed by atoms with Gasteiger partial charge in [-0.05, 0) is 44.4 Å². The second-order valence-corrected chi connectivity index (χ2v) is 7.23. The van der Waals surface area contributed by atoms with Crippen molar-refractivity contribution in [2.45, 2.75) is 57.6 Å². The van der Waals surface area contributed by atoms with Gasteiger partial charge in [0.2, 0.25) is 5.91 Å². The largest absolute Gasteiger partial charge is 0.395 e. The first-order valence-corrected chi connectivity index (χ1v) is 9.68. The Hall–Kier alpha value is -1.57. The molecule has 1 heterocycles. The lowest BCUT2D eigenvalue weighted by Crippen LogP contribution is -2.46. The number of piperidine rings is 1. The number of nitrogens with zero attached hydrogens (tertiary/aromatic N) is 2. The van der Waals surface area contributed by atoms with Crippen LogP contribution in [0.5, 0.6) is 0 Å². The number of rotatable bonds is 9. The van der Waals surface area contributed by atoms with E-state index in [1.165, 1.54) is 11.8 Å². The Bertz CT molecular complexity index is 615. The van der Waals surface area contributed by atoms with Gasteiger partial charge in [0.05, 0.1) is 18.4 Å². The van der Waals surface area contributed by atoms with Crippen LogP contribution in [0.2, 0.25) is 0 Å². The van der Waals surface area contributed by atoms with Crippen LogP contribution in [0, 0.1) is 11.6 Å². The summed E-state index contributed by atoms with van der Waals surface area (Å²) in [6.07, 6.45) is 4.53. The maximum absolute atomic E-state index is 13.9. The first kappa shape index (κ1) is 21.7. The molecule has 1 aliphatic rings. The predicted molar refractivity (Wildman–Crippen MR) is 101 cm³/mol. The summed E-state index contributed by atoms with van der Waals surface area (Å²) in [4.78, 5) is 15.3. The predicted octanol–water partition coefficient (Wildman–Crippen LogP) is 2.70. The van der Waals surface area contributed by atoms with Crippen molar-refractivity contribution in [2.75, 3.05) is 31.1 Å². The van der Waals surface area contributed by atoms with Crippen LogP contribution in [0.3, 0.4) is 0 Å². The number of halogens is 2. The minimum Gasteiger partial charge on any atom is -0.395 e. The summed E-state index contributed by atoms with van der Waals surface area (Å²) >= 11 is 0. The Balaban J connectivity index is 1.73. The Labute approximate surface area is 159 Å². The van der Waals surface area contributed by atoms with Crippen molar-refractivity contribution in [2.24, 2.45) is 0 Å². The number of aliphatic hydroxyl groups excluding tert-OH is 2. The zero-order chi connectivity index (χ0) is 19.8. The molecule has 0 spiro atoms. The Morgan fingerprint density at radius 2 is 2.00 bits per heavy atom. The molecule has 1 aromatic carbocycles. The molecule has 0 saturated carbocycles. The van der Waals surface area contributed by atoms with E-state index in [1.807, 2.05) is 0 Å². The smallest absolute Gasteiger partial charge is 0.223 e. The third-order valence-electron chi connectivity index (χ3n) is 5.18. The van der Waals surface area contributed by atoms with Gasteiger partial charge in [0.25, 0.3) is 0 Å². The molecule has 2 N–H and O–H groups in total. The standard InChI is InChI=1S/C20H30F2N2O3/c1-15(26)24(20-12-16(21)6-7-19(20)22)10-5-3-2-4-9-23-11-8-18(27)13-17(23)14-25/h6-7,12,17-18,25,27H,2-5,8-11,13-14H2,1H3. The zero-order valence-corrected chi connectivity index (χ0v) is 15.9. The summed E-state index contributed by atoms with van der Waals surface area (Å²) in [6, 6.07) is 3.15. The van der Waals surface area contributed by atoms with E-state index >= 15 is 0 Å². The van der Waals surface area contributed by atoms with Crippen LogP contribution in [0.4, 0.5) is 14.5 Å². The van der Waals surface area contributed by atoms with Crippen molar-refractivity contribution in [1.29, 1.82) is 0 Å². The fourth-order valence-electron chi connectivity index (χ4n) is 3.64. The molecular weight excluding hydrogens is 354 g/mol. The fourth-order valence-corrected chi connectivity index (χ4v) is 3.64. The van der Waals surface area contributed by atoms with Crippen LogP contribution in [0.25, 0.3) is 0 Å². The summed E-state index contributed by atoms with van der Waals surface area (Å²) in [6.45, 7) is 3.43. The lowest BCUT2D eigenvalue weighted by atomic mass is 9.99. The average molecular weight is 384 g/mol. The van der Waals surface area contributed by atoms with E-state index in [1.54, 1.807) is 0 Å². The summed E-state index contributed by atoms with van der Waals surface area (Å²) in [5.41, 5.74) is -0.0137. The van der Waals surface area contributed by atoms with E-state index in [4.69, 9.17) is 0 Å². The minimum absolute atomic E-state index is 0.0137. The highest BCUT2D eigenvalue weighted by Crippen LogP contribution is 2.22. The molecule has 0 radical (unpaired) electrons. The van der Waals surface area contributed by atoms with Crippen molar-refractivity contribution in [3.63, 3.8) is 0 Å². The highest BCUT2D eigenvalue weighted by molar-refractivity contribution is 5.91. The highest BCUT2D eigenvalue weighted by atomic mass is 19.1. The molecule has 0 aliphatic carbocycles. The molecule has 0 bridgehead atoms. The molecule has 2 atom stereocenters. The van der Waals surface area contributed by atoms with Gasteiger partial charge in [-0.1, -0.05) is 12.8 Å². The lowest BCUT2D eigenvalue weighted by molar-refractivity contribution is -0.116. The van der Waals surface area contributed by atoms with Crippen LogP contribution in [-0.2, 0) is 4.79 Å². The number of likely N-dealkylation sites (tertiary alicyclic amines) is 1. The van der Waals surface area contributed by atoms with E-state index in [0.717, 1.165) is 57.0 Å². The second kappa shape index (κ2) is 10.7. The van der Waals surface area contributed by atoms with Gasteiger partial charge in [0, 0.05) is 32.1 Å². The van der Waals surface area contributed by atoms with Gasteiger partial charge in [-0.2, -0.15) is 0 Å². The number of carbonyl (C=O) groups is 1. The second-order valence-electron chi connectivity index (χ2n) is 7.23. The van der Waals surface area contributed by atoms with Crippen molar-refractivity contribution in [1.82, 2.24) is 4.90 Å². The molecule has 0 aromatic heterocycles. The molecule has 27 heavy (non-hydrogen) atoms. The maximum Gasteiger partial charge on any atom is 0.223 e. The van der Waals surface area contributed by atoms with Crippen LogP contribution < -0.4 is 4.90 Å². The van der Waals surface area contributed by atoms with Gasteiger partial charge in [-0.25, -0.2) is 8.78 Å². The SMILES string of the molecule is CC(=O)N(CCCCCCN1CCC(O)CC1CO)c1cc(F)ccc1F. The quantitative estimate of drug-likeness (QED) is 0.643. The van der Waals surface area contributed by atoms with Gasteiger partial charge in [0.15, 0.2) is 0 Å². The van der Waals surface area contributed by atoms with Crippen molar-refractivity contribution < 1.29 is 23.8 Å².